The highest BCUT2D eigenvalue weighted by atomic mass is 35.5. The second kappa shape index (κ2) is 10.9. The average molecular weight is 511 g/mol. The lowest BCUT2D eigenvalue weighted by molar-refractivity contribution is 0.0697. The molecule has 0 fully saturated rings. The molecule has 0 bridgehead atoms. The molecule has 0 radical (unpaired) electrons. The standard InChI is InChI=1S/C31H27ClN2O3/c32-26-7-3-5-22(17-26)19-33-30(35)25-14-15-29-24(18-25)6-4-16-34(29)20-21-10-12-23(13-11-21)27-8-1-2-9-28(27)31(36)37/h1-3,5,7-15,17-18H,4,6,16,19-20H2,(H,33,35)(H,36,37). The van der Waals surface area contributed by atoms with Crippen molar-refractivity contribution in [2.75, 3.05) is 11.4 Å². The van der Waals surface area contributed by atoms with E-state index in [4.69, 9.17) is 11.6 Å². The number of carbonyl (C=O) groups is 2. The van der Waals surface area contributed by atoms with Crippen molar-refractivity contribution in [1.82, 2.24) is 5.32 Å². The van der Waals surface area contributed by atoms with Gasteiger partial charge in [0.1, 0.15) is 0 Å². The summed E-state index contributed by atoms with van der Waals surface area (Å²) >= 11 is 6.04. The van der Waals surface area contributed by atoms with Crippen LogP contribution in [0.25, 0.3) is 11.1 Å². The summed E-state index contributed by atoms with van der Waals surface area (Å²) in [5.41, 5.74) is 6.98. The normalized spacial score (nSPS) is 12.6. The van der Waals surface area contributed by atoms with Gasteiger partial charge in [-0.2, -0.15) is 0 Å². The van der Waals surface area contributed by atoms with Gasteiger partial charge in [0.25, 0.3) is 5.91 Å². The van der Waals surface area contributed by atoms with Crippen LogP contribution in [-0.2, 0) is 19.5 Å². The molecule has 2 N–H and O–H groups in total. The number of nitrogens with one attached hydrogen (secondary N) is 1. The first-order valence-electron chi connectivity index (χ1n) is 12.3. The SMILES string of the molecule is O=C(NCc1cccc(Cl)c1)c1ccc2c(c1)CCCN2Cc1ccc(-c2ccccc2C(=O)O)cc1. The first-order chi connectivity index (χ1) is 18.0. The number of carboxylic acid groups (broad SMARTS) is 1. The minimum atomic E-state index is -0.929. The number of aryl methyl sites for hydroxylation is 1. The van der Waals surface area contributed by atoms with Crippen molar-refractivity contribution in [3.05, 3.63) is 124 Å². The van der Waals surface area contributed by atoms with Crippen molar-refractivity contribution < 1.29 is 14.7 Å². The van der Waals surface area contributed by atoms with Crippen LogP contribution in [0.2, 0.25) is 5.02 Å². The van der Waals surface area contributed by atoms with E-state index in [9.17, 15) is 14.7 Å². The van der Waals surface area contributed by atoms with Crippen molar-refractivity contribution >= 4 is 29.2 Å². The molecule has 186 valence electrons. The molecular formula is C31H27ClN2O3. The van der Waals surface area contributed by atoms with Gasteiger partial charge >= 0.3 is 5.97 Å². The largest absolute Gasteiger partial charge is 0.478 e. The molecule has 0 aliphatic carbocycles. The molecule has 0 aromatic heterocycles. The number of aromatic carboxylic acids is 1. The van der Waals surface area contributed by atoms with Gasteiger partial charge in [-0.3, -0.25) is 4.79 Å². The van der Waals surface area contributed by atoms with Gasteiger partial charge in [-0.05, 0) is 77.1 Å². The van der Waals surface area contributed by atoms with E-state index in [1.807, 2.05) is 66.7 Å². The molecule has 4 aromatic rings. The molecule has 37 heavy (non-hydrogen) atoms. The molecule has 1 heterocycles. The van der Waals surface area contributed by atoms with Crippen LogP contribution in [0.15, 0.2) is 91.0 Å². The van der Waals surface area contributed by atoms with Crippen LogP contribution in [0.3, 0.4) is 0 Å². The number of carbonyl (C=O) groups excluding carboxylic acids is 1. The molecule has 6 heteroatoms. The monoisotopic (exact) mass is 510 g/mol. The molecule has 5 nitrogen and oxygen atoms in total. The summed E-state index contributed by atoms with van der Waals surface area (Å²) in [5, 5.41) is 13.1. The predicted octanol–water partition coefficient (Wildman–Crippen LogP) is 6.59. The fraction of sp³-hybridized carbons (Fsp3) is 0.161. The molecule has 4 aromatic carbocycles. The summed E-state index contributed by atoms with van der Waals surface area (Å²) in [5.74, 6) is -1.03. The maximum atomic E-state index is 12.8. The van der Waals surface area contributed by atoms with Gasteiger partial charge in [0.15, 0.2) is 0 Å². The Balaban J connectivity index is 1.28. The third-order valence-corrected chi connectivity index (χ3v) is 6.93. The summed E-state index contributed by atoms with van der Waals surface area (Å²) in [4.78, 5) is 26.7. The topological polar surface area (TPSA) is 69.6 Å². The van der Waals surface area contributed by atoms with E-state index in [0.717, 1.165) is 48.3 Å². The van der Waals surface area contributed by atoms with E-state index in [0.29, 0.717) is 28.3 Å². The van der Waals surface area contributed by atoms with Gasteiger partial charge in [-0.1, -0.05) is 66.2 Å². The lowest BCUT2D eigenvalue weighted by Gasteiger charge is -2.31. The molecule has 0 unspecified atom stereocenters. The number of amides is 1. The van der Waals surface area contributed by atoms with Crippen molar-refractivity contribution in [3.8, 4) is 11.1 Å². The fourth-order valence-corrected chi connectivity index (χ4v) is 5.06. The Hall–Kier alpha value is -4.09. The Morgan fingerprint density at radius 1 is 0.892 bits per heavy atom. The first-order valence-corrected chi connectivity index (χ1v) is 12.7. The predicted molar refractivity (Wildman–Crippen MR) is 147 cm³/mol. The first kappa shape index (κ1) is 24.6. The van der Waals surface area contributed by atoms with Crippen LogP contribution in [-0.4, -0.2) is 23.5 Å². The number of carboxylic acids is 1. The Morgan fingerprint density at radius 3 is 2.49 bits per heavy atom. The zero-order valence-electron chi connectivity index (χ0n) is 20.3. The van der Waals surface area contributed by atoms with Crippen molar-refractivity contribution in [3.63, 3.8) is 0 Å². The molecular weight excluding hydrogens is 484 g/mol. The van der Waals surface area contributed by atoms with Gasteiger partial charge in [0, 0.05) is 35.9 Å². The highest BCUT2D eigenvalue weighted by Gasteiger charge is 2.19. The third-order valence-electron chi connectivity index (χ3n) is 6.69. The van der Waals surface area contributed by atoms with Gasteiger partial charge < -0.3 is 15.3 Å². The average Bonchev–Trinajstić information content (AvgIpc) is 2.92. The Kier molecular flexibility index (Phi) is 7.24. The molecule has 0 spiro atoms. The number of hydrogen-bond acceptors (Lipinski definition) is 3. The number of fused-ring (bicyclic) bond motifs is 1. The maximum absolute atomic E-state index is 12.8. The van der Waals surface area contributed by atoms with Gasteiger partial charge in [-0.15, -0.1) is 0 Å². The summed E-state index contributed by atoms with van der Waals surface area (Å²) in [7, 11) is 0. The van der Waals surface area contributed by atoms with Crippen LogP contribution in [0, 0.1) is 0 Å². The van der Waals surface area contributed by atoms with E-state index in [2.05, 4.69) is 22.3 Å². The minimum absolute atomic E-state index is 0.0999. The van der Waals surface area contributed by atoms with Crippen molar-refractivity contribution in [2.45, 2.75) is 25.9 Å². The molecule has 1 aliphatic heterocycles. The van der Waals surface area contributed by atoms with E-state index < -0.39 is 5.97 Å². The molecule has 0 saturated carbocycles. The highest BCUT2D eigenvalue weighted by Crippen LogP contribution is 2.30. The van der Waals surface area contributed by atoms with E-state index in [1.54, 1.807) is 12.1 Å². The lowest BCUT2D eigenvalue weighted by Crippen LogP contribution is -2.29. The Bertz CT molecular complexity index is 1450. The zero-order chi connectivity index (χ0) is 25.8. The molecule has 5 rings (SSSR count). The van der Waals surface area contributed by atoms with Crippen LogP contribution in [0.4, 0.5) is 5.69 Å². The minimum Gasteiger partial charge on any atom is -0.478 e. The number of halogens is 1. The van der Waals surface area contributed by atoms with Gasteiger partial charge in [-0.25, -0.2) is 4.79 Å². The summed E-state index contributed by atoms with van der Waals surface area (Å²) in [6, 6.07) is 28.5. The number of nitrogens with zero attached hydrogens (tertiary/aromatic N) is 1. The maximum Gasteiger partial charge on any atom is 0.336 e. The summed E-state index contributed by atoms with van der Waals surface area (Å²) in [6.07, 6.45) is 1.96. The highest BCUT2D eigenvalue weighted by molar-refractivity contribution is 6.30. The third kappa shape index (κ3) is 5.68. The molecule has 0 saturated heterocycles. The smallest absolute Gasteiger partial charge is 0.336 e. The lowest BCUT2D eigenvalue weighted by atomic mass is 9.97. The molecule has 1 aliphatic rings. The summed E-state index contributed by atoms with van der Waals surface area (Å²) < 4.78 is 0. The number of benzene rings is 4. The summed E-state index contributed by atoms with van der Waals surface area (Å²) in [6.45, 7) is 2.11. The van der Waals surface area contributed by atoms with E-state index >= 15 is 0 Å². The fourth-order valence-electron chi connectivity index (χ4n) is 4.84. The Morgan fingerprint density at radius 2 is 1.70 bits per heavy atom. The number of anilines is 1. The van der Waals surface area contributed by atoms with Gasteiger partial charge in [0.05, 0.1) is 5.56 Å². The van der Waals surface area contributed by atoms with Crippen LogP contribution in [0.5, 0.6) is 0 Å². The van der Waals surface area contributed by atoms with Crippen LogP contribution >= 0.6 is 11.6 Å². The van der Waals surface area contributed by atoms with Crippen molar-refractivity contribution in [2.24, 2.45) is 0 Å². The zero-order valence-corrected chi connectivity index (χ0v) is 21.0. The quantitative estimate of drug-likeness (QED) is 0.294. The van der Waals surface area contributed by atoms with E-state index in [1.165, 1.54) is 5.56 Å². The van der Waals surface area contributed by atoms with Crippen molar-refractivity contribution in [1.29, 1.82) is 0 Å². The second-order valence-electron chi connectivity index (χ2n) is 9.23. The van der Waals surface area contributed by atoms with Gasteiger partial charge in [0.2, 0.25) is 0 Å². The molecule has 0 atom stereocenters. The number of rotatable bonds is 7. The van der Waals surface area contributed by atoms with E-state index in [-0.39, 0.29) is 5.91 Å². The number of hydrogen-bond donors (Lipinski definition) is 2. The van der Waals surface area contributed by atoms with Crippen LogP contribution < -0.4 is 10.2 Å². The van der Waals surface area contributed by atoms with Crippen LogP contribution in [0.1, 0.15) is 43.8 Å². The second-order valence-corrected chi connectivity index (χ2v) is 9.67. The Labute approximate surface area is 221 Å². The molecule has 1 amide bonds.